The molecule has 1 aliphatic carbocycles. The van der Waals surface area contributed by atoms with Crippen molar-refractivity contribution >= 4 is 33.0 Å². The highest BCUT2D eigenvalue weighted by Gasteiger charge is 2.50. The van der Waals surface area contributed by atoms with Gasteiger partial charge < -0.3 is 14.1 Å². The minimum atomic E-state index is -3.84. The Hall–Kier alpha value is -3.06. The molecule has 2 aliphatic heterocycles. The molecule has 2 unspecified atom stereocenters. The van der Waals surface area contributed by atoms with Gasteiger partial charge in [-0.1, -0.05) is 24.3 Å². The van der Waals surface area contributed by atoms with Gasteiger partial charge >= 0.3 is 0 Å². The SMILES string of the molecule is O=C(CC1(c2ccc(-c3ccc(-c4cnco4)cc3)s2)CCN(C(=O)C2CC2)CCS1(=O)=O)NOC1CCCCO1. The molecule has 3 aliphatic rings. The van der Waals surface area contributed by atoms with Crippen LogP contribution in [0, 0.1) is 5.92 Å². The number of oxazole rings is 1. The number of nitrogens with one attached hydrogen (secondary N) is 1. The van der Waals surface area contributed by atoms with Gasteiger partial charge in [-0.2, -0.15) is 0 Å². The quantitative estimate of drug-likeness (QED) is 0.380. The van der Waals surface area contributed by atoms with Crippen LogP contribution in [-0.4, -0.2) is 61.9 Å². The lowest BCUT2D eigenvalue weighted by Crippen LogP contribution is -2.43. The zero-order chi connectivity index (χ0) is 28.5. The second kappa shape index (κ2) is 11.7. The van der Waals surface area contributed by atoms with E-state index in [1.165, 1.54) is 17.7 Å². The van der Waals surface area contributed by atoms with Crippen LogP contribution in [0.4, 0.5) is 0 Å². The summed E-state index contributed by atoms with van der Waals surface area (Å²) in [5, 5.41) is 0. The number of sulfone groups is 1. The second-order valence-electron chi connectivity index (χ2n) is 10.9. The van der Waals surface area contributed by atoms with Crippen molar-refractivity contribution in [2.24, 2.45) is 5.92 Å². The van der Waals surface area contributed by atoms with E-state index >= 15 is 0 Å². The topological polar surface area (TPSA) is 128 Å². The van der Waals surface area contributed by atoms with Crippen LogP contribution < -0.4 is 5.48 Å². The highest BCUT2D eigenvalue weighted by atomic mass is 32.2. The third-order valence-electron chi connectivity index (χ3n) is 8.08. The van der Waals surface area contributed by atoms with Crippen molar-refractivity contribution in [1.82, 2.24) is 15.4 Å². The standard InChI is InChI=1S/C29H33N3O7S2/c33-26(31-39-27-3-1-2-15-37-27)17-29(12-13-32(14-16-41(29,35)36)28(34)22-8-9-22)25-11-10-24(40-25)21-6-4-20(5-7-21)23-18-30-19-38-23/h4-7,10-11,18-19,22,27H,1-3,8-9,12-17H2,(H,31,33). The van der Waals surface area contributed by atoms with Gasteiger partial charge in [-0.25, -0.2) is 23.7 Å². The molecule has 10 nitrogen and oxygen atoms in total. The Morgan fingerprint density at radius 3 is 2.59 bits per heavy atom. The van der Waals surface area contributed by atoms with Crippen LogP contribution in [0.25, 0.3) is 21.8 Å². The molecule has 0 bridgehead atoms. The van der Waals surface area contributed by atoms with E-state index in [-0.39, 0.29) is 43.5 Å². The Morgan fingerprint density at radius 1 is 1.07 bits per heavy atom. The number of amides is 2. The average Bonchev–Trinajstić information content (AvgIpc) is 3.49. The Kier molecular flexibility index (Phi) is 7.99. The monoisotopic (exact) mass is 599 g/mol. The Balaban J connectivity index is 1.28. The van der Waals surface area contributed by atoms with Crippen LogP contribution in [0.2, 0.25) is 0 Å². The van der Waals surface area contributed by atoms with E-state index in [9.17, 15) is 18.0 Å². The zero-order valence-electron chi connectivity index (χ0n) is 22.6. The van der Waals surface area contributed by atoms with Crippen molar-refractivity contribution in [3.8, 4) is 21.8 Å². The summed E-state index contributed by atoms with van der Waals surface area (Å²) >= 11 is 1.36. The minimum absolute atomic E-state index is 0.00864. The number of hydroxylamine groups is 1. The molecule has 12 heteroatoms. The summed E-state index contributed by atoms with van der Waals surface area (Å²) in [7, 11) is -3.84. The van der Waals surface area contributed by atoms with Crippen LogP contribution in [-0.2, 0) is 33.7 Å². The van der Waals surface area contributed by atoms with Crippen LogP contribution in [0.3, 0.4) is 0 Å². The van der Waals surface area contributed by atoms with Gasteiger partial charge in [0.1, 0.15) is 4.75 Å². The van der Waals surface area contributed by atoms with Gasteiger partial charge in [0.15, 0.2) is 28.3 Å². The molecule has 1 N–H and O–H groups in total. The van der Waals surface area contributed by atoms with E-state index in [0.717, 1.165) is 41.7 Å². The molecular weight excluding hydrogens is 566 g/mol. The first-order valence-electron chi connectivity index (χ1n) is 14.0. The first kappa shape index (κ1) is 28.1. The van der Waals surface area contributed by atoms with E-state index in [1.54, 1.807) is 17.2 Å². The maximum absolute atomic E-state index is 14.0. The number of aromatic nitrogens is 1. The fourth-order valence-electron chi connectivity index (χ4n) is 5.51. The number of hydrogen-bond donors (Lipinski definition) is 1. The Labute approximate surface area is 242 Å². The van der Waals surface area contributed by atoms with E-state index in [0.29, 0.717) is 23.7 Å². The van der Waals surface area contributed by atoms with E-state index in [4.69, 9.17) is 14.0 Å². The van der Waals surface area contributed by atoms with E-state index in [2.05, 4.69) is 10.5 Å². The predicted molar refractivity (Wildman–Crippen MR) is 152 cm³/mol. The van der Waals surface area contributed by atoms with E-state index < -0.39 is 26.8 Å². The molecular formula is C29H33N3O7S2. The summed E-state index contributed by atoms with van der Waals surface area (Å²) in [6.07, 6.45) is 6.52. The number of carbonyl (C=O) groups excluding carboxylic acids is 2. The van der Waals surface area contributed by atoms with Crippen LogP contribution in [0.5, 0.6) is 0 Å². The van der Waals surface area contributed by atoms with Crippen molar-refractivity contribution < 1.29 is 32.0 Å². The second-order valence-corrected chi connectivity index (χ2v) is 14.4. The first-order valence-corrected chi connectivity index (χ1v) is 16.5. The largest absolute Gasteiger partial charge is 0.444 e. The number of rotatable bonds is 8. The summed E-state index contributed by atoms with van der Waals surface area (Å²) in [6.45, 7) is 0.962. The molecule has 2 aromatic heterocycles. The summed E-state index contributed by atoms with van der Waals surface area (Å²) in [6, 6.07) is 11.4. The molecule has 4 heterocycles. The molecule has 1 saturated carbocycles. The Bertz CT molecular complexity index is 1480. The summed E-state index contributed by atoms with van der Waals surface area (Å²) in [5.41, 5.74) is 4.25. The molecule has 3 fully saturated rings. The summed E-state index contributed by atoms with van der Waals surface area (Å²) < 4.78 is 37.5. The van der Waals surface area contributed by atoms with E-state index in [1.807, 2.05) is 30.3 Å². The van der Waals surface area contributed by atoms with Gasteiger partial charge in [0, 0.05) is 47.4 Å². The third kappa shape index (κ3) is 5.97. The summed E-state index contributed by atoms with van der Waals surface area (Å²) in [4.78, 5) is 38.7. The van der Waals surface area contributed by atoms with Gasteiger partial charge in [-0.3, -0.25) is 9.59 Å². The number of carbonyl (C=O) groups is 2. The molecule has 41 heavy (non-hydrogen) atoms. The van der Waals surface area contributed by atoms with Crippen molar-refractivity contribution in [1.29, 1.82) is 0 Å². The van der Waals surface area contributed by atoms with Crippen molar-refractivity contribution in [2.75, 3.05) is 25.4 Å². The molecule has 218 valence electrons. The van der Waals surface area contributed by atoms with Crippen molar-refractivity contribution in [3.63, 3.8) is 0 Å². The minimum Gasteiger partial charge on any atom is -0.444 e. The van der Waals surface area contributed by atoms with Crippen LogP contribution in [0.1, 0.15) is 49.8 Å². The number of nitrogens with zero attached hydrogens (tertiary/aromatic N) is 2. The third-order valence-corrected chi connectivity index (χ3v) is 12.0. The molecule has 3 aromatic rings. The highest BCUT2D eigenvalue weighted by Crippen LogP contribution is 2.46. The van der Waals surface area contributed by atoms with Crippen LogP contribution in [0.15, 0.2) is 53.4 Å². The number of hydrogen-bond acceptors (Lipinski definition) is 9. The zero-order valence-corrected chi connectivity index (χ0v) is 24.3. The Morgan fingerprint density at radius 2 is 1.88 bits per heavy atom. The lowest BCUT2D eigenvalue weighted by Gasteiger charge is -2.31. The smallest absolute Gasteiger partial charge is 0.245 e. The number of benzene rings is 1. The normalized spacial score (nSPS) is 24.5. The van der Waals surface area contributed by atoms with Crippen LogP contribution >= 0.6 is 11.3 Å². The lowest BCUT2D eigenvalue weighted by atomic mass is 9.97. The molecule has 0 spiro atoms. The highest BCUT2D eigenvalue weighted by molar-refractivity contribution is 7.92. The molecule has 0 radical (unpaired) electrons. The number of thiophene rings is 1. The van der Waals surface area contributed by atoms with Crippen molar-refractivity contribution in [2.45, 2.75) is 56.0 Å². The molecule has 2 saturated heterocycles. The van der Waals surface area contributed by atoms with Gasteiger partial charge in [0.25, 0.3) is 0 Å². The average molecular weight is 600 g/mol. The maximum Gasteiger partial charge on any atom is 0.245 e. The fourth-order valence-corrected chi connectivity index (χ4v) is 9.11. The molecule has 6 rings (SSSR count). The van der Waals surface area contributed by atoms with Gasteiger partial charge in [-0.05, 0) is 49.8 Å². The lowest BCUT2D eigenvalue weighted by molar-refractivity contribution is -0.200. The maximum atomic E-state index is 14.0. The summed E-state index contributed by atoms with van der Waals surface area (Å²) in [5.74, 6) is -0.0764. The number of ether oxygens (including phenoxy) is 1. The molecule has 2 atom stereocenters. The first-order chi connectivity index (χ1) is 19.8. The van der Waals surface area contributed by atoms with Gasteiger partial charge in [0.05, 0.1) is 18.4 Å². The van der Waals surface area contributed by atoms with Gasteiger partial charge in [-0.15, -0.1) is 11.3 Å². The molecule has 2 amide bonds. The fraction of sp³-hybridized carbons (Fsp3) is 0.483. The van der Waals surface area contributed by atoms with Gasteiger partial charge in [0.2, 0.25) is 11.8 Å². The molecule has 1 aromatic carbocycles. The van der Waals surface area contributed by atoms with Crippen molar-refractivity contribution in [3.05, 3.63) is 53.9 Å². The predicted octanol–water partition coefficient (Wildman–Crippen LogP) is 4.29.